The Hall–Kier alpha value is -1.40. The topological polar surface area (TPSA) is 72.2 Å². The first-order valence-electron chi connectivity index (χ1n) is 7.98. The molecule has 0 heterocycles. The molecule has 1 aliphatic carbocycles. The monoisotopic (exact) mass is 366 g/mol. The Morgan fingerprint density at radius 3 is 2.21 bits per heavy atom. The van der Waals surface area contributed by atoms with Crippen LogP contribution in [0, 0.1) is 5.92 Å². The van der Waals surface area contributed by atoms with Gasteiger partial charge in [0.25, 0.3) is 0 Å². The van der Waals surface area contributed by atoms with Gasteiger partial charge in [-0.2, -0.15) is 0 Å². The van der Waals surface area contributed by atoms with Crippen LogP contribution in [0.15, 0.2) is 59.5 Å². The van der Waals surface area contributed by atoms with E-state index in [0.717, 1.165) is 30.4 Å². The Labute approximate surface area is 149 Å². The molecule has 2 atom stereocenters. The molecular formula is C18H23ClN2O2S. The Morgan fingerprint density at radius 1 is 0.958 bits per heavy atom. The van der Waals surface area contributed by atoms with E-state index in [1.54, 1.807) is 12.1 Å². The molecule has 0 bridgehead atoms. The Balaban J connectivity index is 0.00000208. The molecule has 4 nitrogen and oxygen atoms in total. The molecule has 2 aromatic carbocycles. The number of hydrogen-bond acceptors (Lipinski definition) is 3. The lowest BCUT2D eigenvalue weighted by Gasteiger charge is -2.19. The summed E-state index contributed by atoms with van der Waals surface area (Å²) in [6.45, 7) is 0.528. The largest absolute Gasteiger partial charge is 0.330 e. The third-order valence-corrected chi connectivity index (χ3v) is 6.05. The second kappa shape index (κ2) is 8.12. The van der Waals surface area contributed by atoms with E-state index in [9.17, 15) is 8.42 Å². The number of nitrogens with one attached hydrogen (secondary N) is 1. The Bertz CT molecular complexity index is 748. The number of benzene rings is 2. The molecule has 2 unspecified atom stereocenters. The van der Waals surface area contributed by atoms with Gasteiger partial charge in [-0.15, -0.1) is 12.4 Å². The van der Waals surface area contributed by atoms with Crippen molar-refractivity contribution in [3.05, 3.63) is 54.6 Å². The molecule has 2 aromatic rings. The quantitative estimate of drug-likeness (QED) is 0.853. The first-order chi connectivity index (χ1) is 11.1. The standard InChI is InChI=1S/C18H22N2O2S.ClH/c19-13-16-7-4-8-18(16)20-23(21,22)17-11-9-15(10-12-17)14-5-2-1-3-6-14;/h1-3,5-6,9-12,16,18,20H,4,7-8,13,19H2;1H. The summed E-state index contributed by atoms with van der Waals surface area (Å²) in [4.78, 5) is 0.305. The van der Waals surface area contributed by atoms with Gasteiger partial charge in [0.05, 0.1) is 4.90 Å². The molecule has 3 rings (SSSR count). The van der Waals surface area contributed by atoms with Crippen LogP contribution in [0.1, 0.15) is 19.3 Å². The van der Waals surface area contributed by atoms with Gasteiger partial charge in [-0.05, 0) is 48.6 Å². The number of sulfonamides is 1. The molecule has 1 saturated carbocycles. The molecule has 0 saturated heterocycles. The summed E-state index contributed by atoms with van der Waals surface area (Å²) in [5, 5.41) is 0. The second-order valence-electron chi connectivity index (χ2n) is 6.04. The van der Waals surface area contributed by atoms with Crippen LogP contribution in [-0.4, -0.2) is 21.0 Å². The van der Waals surface area contributed by atoms with Crippen LogP contribution in [0.25, 0.3) is 11.1 Å². The van der Waals surface area contributed by atoms with E-state index in [0.29, 0.717) is 11.4 Å². The average molecular weight is 367 g/mol. The summed E-state index contributed by atoms with van der Waals surface area (Å²) >= 11 is 0. The van der Waals surface area contributed by atoms with Gasteiger partial charge in [0, 0.05) is 6.04 Å². The van der Waals surface area contributed by atoms with Crippen LogP contribution in [0.5, 0.6) is 0 Å². The zero-order chi connectivity index (χ0) is 16.3. The van der Waals surface area contributed by atoms with Crippen molar-refractivity contribution in [2.24, 2.45) is 11.7 Å². The summed E-state index contributed by atoms with van der Waals surface area (Å²) < 4.78 is 27.9. The third-order valence-electron chi connectivity index (χ3n) is 4.54. The van der Waals surface area contributed by atoms with E-state index >= 15 is 0 Å². The molecule has 0 amide bonds. The maximum atomic E-state index is 12.5. The van der Waals surface area contributed by atoms with Gasteiger partial charge >= 0.3 is 0 Å². The van der Waals surface area contributed by atoms with Crippen molar-refractivity contribution in [3.8, 4) is 11.1 Å². The number of halogens is 1. The molecule has 1 fully saturated rings. The Morgan fingerprint density at radius 2 is 1.58 bits per heavy atom. The third kappa shape index (κ3) is 4.16. The highest BCUT2D eigenvalue weighted by Crippen LogP contribution is 2.27. The predicted molar refractivity (Wildman–Crippen MR) is 99.6 cm³/mol. The Kier molecular flexibility index (Phi) is 6.40. The van der Waals surface area contributed by atoms with E-state index in [1.807, 2.05) is 42.5 Å². The minimum atomic E-state index is -3.49. The van der Waals surface area contributed by atoms with Crippen molar-refractivity contribution in [3.63, 3.8) is 0 Å². The molecule has 3 N–H and O–H groups in total. The molecule has 24 heavy (non-hydrogen) atoms. The van der Waals surface area contributed by atoms with Crippen molar-refractivity contribution in [1.82, 2.24) is 4.72 Å². The summed E-state index contributed by atoms with van der Waals surface area (Å²) in [5.41, 5.74) is 7.81. The van der Waals surface area contributed by atoms with Crippen LogP contribution in [0.4, 0.5) is 0 Å². The fourth-order valence-corrected chi connectivity index (χ4v) is 4.54. The van der Waals surface area contributed by atoms with Gasteiger partial charge in [-0.1, -0.05) is 48.9 Å². The van der Waals surface area contributed by atoms with Crippen LogP contribution in [-0.2, 0) is 10.0 Å². The molecule has 6 heteroatoms. The van der Waals surface area contributed by atoms with Gasteiger partial charge in [-0.3, -0.25) is 0 Å². The van der Waals surface area contributed by atoms with Crippen LogP contribution < -0.4 is 10.5 Å². The van der Waals surface area contributed by atoms with E-state index in [4.69, 9.17) is 5.73 Å². The van der Waals surface area contributed by atoms with E-state index in [-0.39, 0.29) is 24.4 Å². The maximum absolute atomic E-state index is 12.5. The molecule has 130 valence electrons. The number of rotatable bonds is 5. The summed E-state index contributed by atoms with van der Waals surface area (Å²) in [6, 6.07) is 16.9. The van der Waals surface area contributed by atoms with Gasteiger partial charge in [0.2, 0.25) is 10.0 Å². The lowest BCUT2D eigenvalue weighted by atomic mass is 10.1. The second-order valence-corrected chi connectivity index (χ2v) is 7.76. The van der Waals surface area contributed by atoms with Crippen molar-refractivity contribution < 1.29 is 8.42 Å². The van der Waals surface area contributed by atoms with E-state index < -0.39 is 10.0 Å². The lowest BCUT2D eigenvalue weighted by molar-refractivity contribution is 0.453. The van der Waals surface area contributed by atoms with Gasteiger partial charge in [-0.25, -0.2) is 13.1 Å². The zero-order valence-electron chi connectivity index (χ0n) is 13.4. The summed E-state index contributed by atoms with van der Waals surface area (Å²) in [6.07, 6.45) is 2.89. The highest BCUT2D eigenvalue weighted by Gasteiger charge is 2.30. The molecule has 0 aliphatic heterocycles. The average Bonchev–Trinajstić information content (AvgIpc) is 3.02. The minimum absolute atomic E-state index is 0. The highest BCUT2D eigenvalue weighted by molar-refractivity contribution is 7.89. The molecular weight excluding hydrogens is 344 g/mol. The fraction of sp³-hybridized carbons (Fsp3) is 0.333. The smallest absolute Gasteiger partial charge is 0.240 e. The van der Waals surface area contributed by atoms with Crippen molar-refractivity contribution in [1.29, 1.82) is 0 Å². The maximum Gasteiger partial charge on any atom is 0.240 e. The summed E-state index contributed by atoms with van der Waals surface area (Å²) in [7, 11) is -3.49. The van der Waals surface area contributed by atoms with Crippen molar-refractivity contribution in [2.75, 3.05) is 6.54 Å². The van der Waals surface area contributed by atoms with Crippen LogP contribution in [0.3, 0.4) is 0 Å². The number of nitrogens with two attached hydrogens (primary N) is 1. The fourth-order valence-electron chi connectivity index (χ4n) is 3.20. The molecule has 0 radical (unpaired) electrons. The van der Waals surface area contributed by atoms with Gasteiger partial charge in [0.15, 0.2) is 0 Å². The van der Waals surface area contributed by atoms with Gasteiger partial charge in [0.1, 0.15) is 0 Å². The lowest BCUT2D eigenvalue weighted by Crippen LogP contribution is -2.39. The molecule has 1 aliphatic rings. The van der Waals surface area contributed by atoms with Crippen molar-refractivity contribution >= 4 is 22.4 Å². The van der Waals surface area contributed by atoms with E-state index in [2.05, 4.69) is 4.72 Å². The van der Waals surface area contributed by atoms with Gasteiger partial charge < -0.3 is 5.73 Å². The molecule has 0 spiro atoms. The predicted octanol–water partition coefficient (Wildman–Crippen LogP) is 3.18. The minimum Gasteiger partial charge on any atom is -0.330 e. The summed E-state index contributed by atoms with van der Waals surface area (Å²) in [5.74, 6) is 0.244. The van der Waals surface area contributed by atoms with Crippen LogP contribution >= 0.6 is 12.4 Å². The highest BCUT2D eigenvalue weighted by atomic mass is 35.5. The van der Waals surface area contributed by atoms with Crippen LogP contribution in [0.2, 0.25) is 0 Å². The number of hydrogen-bond donors (Lipinski definition) is 2. The van der Waals surface area contributed by atoms with Crippen molar-refractivity contribution in [2.45, 2.75) is 30.2 Å². The zero-order valence-corrected chi connectivity index (χ0v) is 15.0. The SMILES string of the molecule is Cl.NCC1CCCC1NS(=O)(=O)c1ccc(-c2ccccc2)cc1. The molecule has 0 aromatic heterocycles. The first-order valence-corrected chi connectivity index (χ1v) is 9.46. The first kappa shape index (κ1) is 18.9. The normalized spacial score (nSPS) is 20.5. The van der Waals surface area contributed by atoms with E-state index in [1.165, 1.54) is 0 Å².